The molecule has 2 rings (SSSR count). The highest BCUT2D eigenvalue weighted by Gasteiger charge is 2.24. The average molecular weight is 388 g/mol. The van der Waals surface area contributed by atoms with Gasteiger partial charge in [0.15, 0.2) is 9.34 Å². The maximum atomic E-state index is 12.3. The number of urea groups is 1. The zero-order valence-electron chi connectivity index (χ0n) is 13.8. The van der Waals surface area contributed by atoms with Crippen molar-refractivity contribution in [2.45, 2.75) is 11.1 Å². The Hall–Kier alpha value is -2.67. The van der Waals surface area contributed by atoms with Gasteiger partial charge in [-0.3, -0.25) is 5.32 Å². The molecule has 2 aromatic rings. The molecule has 0 aliphatic rings. The number of aryl methyl sites for hydroxylation is 1. The third-order valence-electron chi connectivity index (χ3n) is 2.76. The molecular weight excluding hydrogens is 372 g/mol. The van der Waals surface area contributed by atoms with Crippen molar-refractivity contribution in [2.75, 3.05) is 31.9 Å². The molecule has 136 valence electrons. The molecule has 0 atom stereocenters. The van der Waals surface area contributed by atoms with Gasteiger partial charge in [0.05, 0.1) is 26.0 Å². The lowest BCUT2D eigenvalue weighted by Crippen LogP contribution is -2.34. The normalized spacial score (nSPS) is 10.9. The molecule has 0 saturated carbocycles. The van der Waals surface area contributed by atoms with Gasteiger partial charge in [0.2, 0.25) is 17.7 Å². The summed E-state index contributed by atoms with van der Waals surface area (Å²) in [6.45, 7) is 1.53. The van der Waals surface area contributed by atoms with Crippen LogP contribution >= 0.6 is 11.3 Å². The number of nitrogens with zero attached hydrogens (tertiary/aromatic N) is 3. The molecule has 0 saturated heterocycles. The number of thiazole rings is 1. The topological polar surface area (TPSA) is 144 Å². The number of aromatic nitrogens is 3. The fraction of sp³-hybridized carbons (Fsp3) is 0.333. The number of carbonyl (C=O) groups excluding carboxylic acids is 1. The van der Waals surface area contributed by atoms with Crippen LogP contribution in [0.5, 0.6) is 11.8 Å². The first-order chi connectivity index (χ1) is 11.8. The zero-order chi connectivity index (χ0) is 18.6. The van der Waals surface area contributed by atoms with Gasteiger partial charge in [-0.2, -0.15) is 9.97 Å². The third kappa shape index (κ3) is 4.45. The Morgan fingerprint density at radius 1 is 1.16 bits per heavy atom. The summed E-state index contributed by atoms with van der Waals surface area (Å²) in [5, 5.41) is 5.38. The van der Waals surface area contributed by atoms with Crippen LogP contribution in [0.1, 0.15) is 5.69 Å². The largest absolute Gasteiger partial charge is 0.481 e. The second-order valence-electron chi connectivity index (χ2n) is 4.48. The molecule has 2 aromatic heterocycles. The lowest BCUT2D eigenvalue weighted by Gasteiger charge is -2.08. The Morgan fingerprint density at radius 3 is 2.24 bits per heavy atom. The van der Waals surface area contributed by atoms with E-state index in [4.69, 9.17) is 9.47 Å². The van der Waals surface area contributed by atoms with E-state index in [2.05, 4.69) is 25.6 Å². The second kappa shape index (κ2) is 7.48. The number of nitrogens with one attached hydrogen (secondary N) is 3. The highest BCUT2D eigenvalue weighted by Crippen LogP contribution is 2.26. The van der Waals surface area contributed by atoms with E-state index in [1.54, 1.807) is 7.05 Å². The van der Waals surface area contributed by atoms with E-state index in [-0.39, 0.29) is 27.6 Å². The van der Waals surface area contributed by atoms with E-state index in [0.717, 1.165) is 11.3 Å². The number of amides is 2. The first-order valence-electron chi connectivity index (χ1n) is 6.75. The number of hydrogen-bond donors (Lipinski definition) is 3. The Labute approximate surface area is 147 Å². The van der Waals surface area contributed by atoms with Crippen molar-refractivity contribution in [3.05, 3.63) is 11.8 Å². The first kappa shape index (κ1) is 18.7. The smallest absolute Gasteiger partial charge is 0.335 e. The Kier molecular flexibility index (Phi) is 5.58. The van der Waals surface area contributed by atoms with Gasteiger partial charge in [-0.1, -0.05) is 11.3 Å². The van der Waals surface area contributed by atoms with E-state index >= 15 is 0 Å². The molecular formula is C12H16N6O5S2. The minimum absolute atomic E-state index is 0.0730. The molecule has 0 radical (unpaired) electrons. The van der Waals surface area contributed by atoms with Gasteiger partial charge in [0, 0.05) is 7.05 Å². The fourth-order valence-corrected chi connectivity index (χ4v) is 3.98. The summed E-state index contributed by atoms with van der Waals surface area (Å²) in [6.07, 6.45) is 0. The highest BCUT2D eigenvalue weighted by molar-refractivity contribution is 7.92. The number of rotatable bonds is 6. The van der Waals surface area contributed by atoms with Crippen LogP contribution in [-0.4, -0.2) is 50.7 Å². The standard InChI is InChI=1S/C12H16N6O5S2/c1-6-9(24-12(13-2)14-6)25(20,21)18-11(19)17-10-15-7(22-3)5-8(16-10)23-4/h5H,1-4H3,(H,13,14)(H2,15,16,17,18,19). The van der Waals surface area contributed by atoms with E-state index in [0.29, 0.717) is 5.13 Å². The molecule has 0 bridgehead atoms. The molecule has 11 nitrogen and oxygen atoms in total. The predicted molar refractivity (Wildman–Crippen MR) is 90.9 cm³/mol. The molecule has 0 spiro atoms. The van der Waals surface area contributed by atoms with Crippen LogP contribution in [0, 0.1) is 6.92 Å². The molecule has 0 aromatic carbocycles. The van der Waals surface area contributed by atoms with Gasteiger partial charge >= 0.3 is 6.03 Å². The maximum Gasteiger partial charge on any atom is 0.335 e. The number of carbonyl (C=O) groups is 1. The quantitative estimate of drug-likeness (QED) is 0.654. The van der Waals surface area contributed by atoms with Gasteiger partial charge in [-0.25, -0.2) is 22.9 Å². The second-order valence-corrected chi connectivity index (χ2v) is 7.35. The summed E-state index contributed by atoms with van der Waals surface area (Å²) in [5.41, 5.74) is 0.272. The van der Waals surface area contributed by atoms with Crippen molar-refractivity contribution >= 4 is 38.5 Å². The Bertz CT molecular complexity index is 860. The summed E-state index contributed by atoms with van der Waals surface area (Å²) in [4.78, 5) is 23.8. The molecule has 2 amide bonds. The van der Waals surface area contributed by atoms with Crippen molar-refractivity contribution in [1.29, 1.82) is 0 Å². The molecule has 0 fully saturated rings. The van der Waals surface area contributed by atoms with Crippen molar-refractivity contribution < 1.29 is 22.7 Å². The number of hydrogen-bond acceptors (Lipinski definition) is 10. The Balaban J connectivity index is 2.17. The number of methoxy groups -OCH3 is 2. The minimum Gasteiger partial charge on any atom is -0.481 e. The number of sulfonamides is 1. The highest BCUT2D eigenvalue weighted by atomic mass is 32.2. The third-order valence-corrected chi connectivity index (χ3v) is 5.88. The van der Waals surface area contributed by atoms with Crippen molar-refractivity contribution in [3.8, 4) is 11.8 Å². The summed E-state index contributed by atoms with van der Waals surface area (Å²) in [5.74, 6) is 0.102. The van der Waals surface area contributed by atoms with Crippen LogP contribution in [0.3, 0.4) is 0 Å². The SMILES string of the molecule is CNc1nc(C)c(S(=O)(=O)NC(=O)Nc2nc(OC)cc(OC)n2)s1. The van der Waals surface area contributed by atoms with Gasteiger partial charge in [-0.15, -0.1) is 0 Å². The maximum absolute atomic E-state index is 12.3. The molecule has 13 heteroatoms. The van der Waals surface area contributed by atoms with E-state index < -0.39 is 16.1 Å². The van der Waals surface area contributed by atoms with Crippen molar-refractivity contribution in [2.24, 2.45) is 0 Å². The lowest BCUT2D eigenvalue weighted by molar-refractivity contribution is 0.256. The van der Waals surface area contributed by atoms with Gasteiger partial charge in [0.25, 0.3) is 10.0 Å². The van der Waals surface area contributed by atoms with E-state index in [9.17, 15) is 13.2 Å². The zero-order valence-corrected chi connectivity index (χ0v) is 15.4. The molecule has 2 heterocycles. The number of anilines is 2. The molecule has 0 aliphatic carbocycles. The van der Waals surface area contributed by atoms with Crippen LogP contribution in [-0.2, 0) is 10.0 Å². The van der Waals surface area contributed by atoms with Crippen LogP contribution in [0.2, 0.25) is 0 Å². The minimum atomic E-state index is -4.09. The van der Waals surface area contributed by atoms with Gasteiger partial charge in [-0.05, 0) is 6.92 Å². The van der Waals surface area contributed by atoms with Crippen LogP contribution in [0.4, 0.5) is 15.9 Å². The van der Waals surface area contributed by atoms with E-state index in [1.807, 2.05) is 4.72 Å². The monoisotopic (exact) mass is 388 g/mol. The lowest BCUT2D eigenvalue weighted by atomic mass is 10.6. The van der Waals surface area contributed by atoms with Gasteiger partial charge in [0.1, 0.15) is 0 Å². The molecule has 3 N–H and O–H groups in total. The number of ether oxygens (including phenoxy) is 2. The molecule has 0 aliphatic heterocycles. The summed E-state index contributed by atoms with van der Waals surface area (Å²) in [7, 11) is 0.272. The van der Waals surface area contributed by atoms with E-state index in [1.165, 1.54) is 27.2 Å². The summed E-state index contributed by atoms with van der Waals surface area (Å²) in [6, 6.07) is 0.369. The Morgan fingerprint density at radius 2 is 1.76 bits per heavy atom. The average Bonchev–Trinajstić information content (AvgIpc) is 2.95. The predicted octanol–water partition coefficient (Wildman–Crippen LogP) is 0.811. The van der Waals surface area contributed by atoms with Gasteiger partial charge < -0.3 is 14.8 Å². The summed E-state index contributed by atoms with van der Waals surface area (Å²) < 4.78 is 36.3. The van der Waals surface area contributed by atoms with Crippen molar-refractivity contribution in [1.82, 2.24) is 19.7 Å². The van der Waals surface area contributed by atoms with Crippen LogP contribution < -0.4 is 24.8 Å². The summed E-state index contributed by atoms with van der Waals surface area (Å²) >= 11 is 0.903. The van der Waals surface area contributed by atoms with Crippen molar-refractivity contribution in [3.63, 3.8) is 0 Å². The fourth-order valence-electron chi connectivity index (χ4n) is 1.70. The molecule has 0 unspecified atom stereocenters. The van der Waals surface area contributed by atoms with Crippen LogP contribution in [0.25, 0.3) is 0 Å². The molecule has 25 heavy (non-hydrogen) atoms. The van der Waals surface area contributed by atoms with Crippen LogP contribution in [0.15, 0.2) is 10.3 Å². The first-order valence-corrected chi connectivity index (χ1v) is 9.05.